The first-order valence-electron chi connectivity index (χ1n) is 7.09. The topological polar surface area (TPSA) is 92.9 Å². The molecule has 0 atom stereocenters. The number of hydrogen-bond donors (Lipinski definition) is 3. The molecule has 1 aromatic rings. The van der Waals surface area contributed by atoms with Crippen LogP contribution in [0, 0.1) is 12.3 Å². The standard InChI is InChI=1S/C15H27N5O/c1-9-10(16)19-12(14(2,3)4)20-11(9)18-8-15(5,6)13(21)17-7/h8H2,1-7H3,(H,17,21)(H3,16,18,19,20). The first kappa shape index (κ1) is 17.2. The van der Waals surface area contributed by atoms with Gasteiger partial charge in [0, 0.05) is 24.6 Å². The Hall–Kier alpha value is -1.85. The van der Waals surface area contributed by atoms with Crippen molar-refractivity contribution < 1.29 is 4.79 Å². The number of nitrogens with two attached hydrogens (primary N) is 1. The summed E-state index contributed by atoms with van der Waals surface area (Å²) in [6.45, 7) is 12.2. The molecule has 6 heteroatoms. The molecule has 0 bridgehead atoms. The maximum atomic E-state index is 11.8. The molecule has 0 radical (unpaired) electrons. The predicted octanol–water partition coefficient (Wildman–Crippen LogP) is 1.85. The molecule has 21 heavy (non-hydrogen) atoms. The average Bonchev–Trinajstić information content (AvgIpc) is 2.38. The molecule has 0 fully saturated rings. The lowest BCUT2D eigenvalue weighted by molar-refractivity contribution is -0.128. The van der Waals surface area contributed by atoms with Crippen molar-refractivity contribution in [3.63, 3.8) is 0 Å². The molecule has 6 nitrogen and oxygen atoms in total. The first-order valence-corrected chi connectivity index (χ1v) is 7.09. The molecule has 0 saturated carbocycles. The van der Waals surface area contributed by atoms with Crippen LogP contribution in [0.2, 0.25) is 0 Å². The van der Waals surface area contributed by atoms with Gasteiger partial charge in [0.1, 0.15) is 17.5 Å². The van der Waals surface area contributed by atoms with Crippen molar-refractivity contribution >= 4 is 17.5 Å². The lowest BCUT2D eigenvalue weighted by atomic mass is 9.92. The molecular weight excluding hydrogens is 266 g/mol. The van der Waals surface area contributed by atoms with Gasteiger partial charge in [-0.25, -0.2) is 9.97 Å². The Labute approximate surface area is 126 Å². The summed E-state index contributed by atoms with van der Waals surface area (Å²) in [5.41, 5.74) is 6.05. The number of anilines is 2. The molecule has 0 aliphatic rings. The van der Waals surface area contributed by atoms with Crippen LogP contribution in [0.5, 0.6) is 0 Å². The SMILES string of the molecule is CNC(=O)C(C)(C)CNc1nc(C(C)(C)C)nc(N)c1C. The summed E-state index contributed by atoms with van der Waals surface area (Å²) in [5.74, 6) is 1.82. The third-order valence-corrected chi connectivity index (χ3v) is 3.39. The monoisotopic (exact) mass is 293 g/mol. The molecule has 0 spiro atoms. The molecule has 1 heterocycles. The van der Waals surface area contributed by atoms with E-state index in [1.165, 1.54) is 0 Å². The fourth-order valence-electron chi connectivity index (χ4n) is 1.76. The van der Waals surface area contributed by atoms with Crippen LogP contribution in [0.1, 0.15) is 46.0 Å². The number of aromatic nitrogens is 2. The van der Waals surface area contributed by atoms with E-state index in [-0.39, 0.29) is 11.3 Å². The van der Waals surface area contributed by atoms with Crippen molar-refractivity contribution in [2.24, 2.45) is 5.41 Å². The molecule has 118 valence electrons. The molecule has 0 aliphatic heterocycles. The molecule has 1 amide bonds. The number of rotatable bonds is 4. The Morgan fingerprint density at radius 3 is 2.24 bits per heavy atom. The number of nitrogen functional groups attached to an aromatic ring is 1. The zero-order valence-electron chi connectivity index (χ0n) is 14.1. The van der Waals surface area contributed by atoms with E-state index < -0.39 is 5.41 Å². The van der Waals surface area contributed by atoms with Gasteiger partial charge in [-0.2, -0.15) is 0 Å². The second-order valence-electron chi connectivity index (χ2n) is 6.97. The Morgan fingerprint density at radius 1 is 1.19 bits per heavy atom. The maximum absolute atomic E-state index is 11.8. The van der Waals surface area contributed by atoms with Crippen molar-refractivity contribution in [3.05, 3.63) is 11.4 Å². The highest BCUT2D eigenvalue weighted by Gasteiger charge is 2.27. The highest BCUT2D eigenvalue weighted by molar-refractivity contribution is 5.82. The third-order valence-electron chi connectivity index (χ3n) is 3.39. The molecule has 0 saturated heterocycles. The van der Waals surface area contributed by atoms with E-state index in [1.807, 2.05) is 41.5 Å². The van der Waals surface area contributed by atoms with Crippen molar-refractivity contribution in [2.75, 3.05) is 24.6 Å². The lowest BCUT2D eigenvalue weighted by Gasteiger charge is -2.25. The van der Waals surface area contributed by atoms with E-state index in [2.05, 4.69) is 20.6 Å². The fraction of sp³-hybridized carbons (Fsp3) is 0.667. The number of nitrogens with zero attached hydrogens (tertiary/aromatic N) is 2. The Kier molecular flexibility index (Phi) is 4.81. The Bertz CT molecular complexity index is 532. The average molecular weight is 293 g/mol. The molecule has 0 aliphatic carbocycles. The van der Waals surface area contributed by atoms with Crippen LogP contribution >= 0.6 is 0 Å². The molecule has 4 N–H and O–H groups in total. The van der Waals surface area contributed by atoms with Crippen LogP contribution in [0.4, 0.5) is 11.6 Å². The summed E-state index contributed by atoms with van der Waals surface area (Å²) in [6.07, 6.45) is 0. The van der Waals surface area contributed by atoms with E-state index in [0.29, 0.717) is 24.0 Å². The van der Waals surface area contributed by atoms with E-state index in [1.54, 1.807) is 7.05 Å². The van der Waals surface area contributed by atoms with Gasteiger partial charge in [0.2, 0.25) is 5.91 Å². The highest BCUT2D eigenvalue weighted by Crippen LogP contribution is 2.25. The minimum absolute atomic E-state index is 0.0225. The molecule has 0 unspecified atom stereocenters. The molecule has 1 rings (SSSR count). The number of carbonyl (C=O) groups is 1. The van der Waals surface area contributed by atoms with E-state index in [0.717, 1.165) is 5.56 Å². The summed E-state index contributed by atoms with van der Waals surface area (Å²) < 4.78 is 0. The number of carbonyl (C=O) groups excluding carboxylic acids is 1. The first-order chi connectivity index (χ1) is 9.49. The van der Waals surface area contributed by atoms with Crippen LogP contribution in [-0.2, 0) is 10.2 Å². The van der Waals surface area contributed by atoms with Gasteiger partial charge in [0.05, 0.1) is 5.41 Å². The second-order valence-corrected chi connectivity index (χ2v) is 6.97. The van der Waals surface area contributed by atoms with Crippen molar-refractivity contribution in [3.8, 4) is 0 Å². The van der Waals surface area contributed by atoms with Gasteiger partial charge in [-0.1, -0.05) is 20.8 Å². The number of amides is 1. The quantitative estimate of drug-likeness (QED) is 0.788. The fourth-order valence-corrected chi connectivity index (χ4v) is 1.76. The normalized spacial score (nSPS) is 12.1. The number of nitrogens with one attached hydrogen (secondary N) is 2. The van der Waals surface area contributed by atoms with Crippen LogP contribution in [0.3, 0.4) is 0 Å². The van der Waals surface area contributed by atoms with Gasteiger partial charge >= 0.3 is 0 Å². The highest BCUT2D eigenvalue weighted by atomic mass is 16.2. The summed E-state index contributed by atoms with van der Waals surface area (Å²) in [4.78, 5) is 20.7. The van der Waals surface area contributed by atoms with Gasteiger partial charge < -0.3 is 16.4 Å². The van der Waals surface area contributed by atoms with Gasteiger partial charge in [-0.15, -0.1) is 0 Å². The largest absolute Gasteiger partial charge is 0.383 e. The zero-order valence-corrected chi connectivity index (χ0v) is 14.1. The lowest BCUT2D eigenvalue weighted by Crippen LogP contribution is -2.39. The van der Waals surface area contributed by atoms with E-state index in [9.17, 15) is 4.79 Å². The number of hydrogen-bond acceptors (Lipinski definition) is 5. The van der Waals surface area contributed by atoms with Crippen LogP contribution in [0.15, 0.2) is 0 Å². The minimum Gasteiger partial charge on any atom is -0.383 e. The van der Waals surface area contributed by atoms with Crippen LogP contribution in [0.25, 0.3) is 0 Å². The van der Waals surface area contributed by atoms with Crippen molar-refractivity contribution in [2.45, 2.75) is 47.0 Å². The van der Waals surface area contributed by atoms with Gasteiger partial charge in [-0.3, -0.25) is 4.79 Å². The van der Waals surface area contributed by atoms with E-state index in [4.69, 9.17) is 5.73 Å². The zero-order chi connectivity index (χ0) is 16.4. The van der Waals surface area contributed by atoms with Gasteiger partial charge in [0.15, 0.2) is 0 Å². The predicted molar refractivity (Wildman–Crippen MR) is 86.2 cm³/mol. The molecular formula is C15H27N5O. The summed E-state index contributed by atoms with van der Waals surface area (Å²) in [7, 11) is 1.63. The summed E-state index contributed by atoms with van der Waals surface area (Å²) >= 11 is 0. The van der Waals surface area contributed by atoms with Gasteiger partial charge in [0.25, 0.3) is 0 Å². The molecule has 1 aromatic heterocycles. The Balaban J connectivity index is 3.04. The van der Waals surface area contributed by atoms with E-state index >= 15 is 0 Å². The second kappa shape index (κ2) is 5.87. The Morgan fingerprint density at radius 2 is 1.76 bits per heavy atom. The van der Waals surface area contributed by atoms with Crippen molar-refractivity contribution in [1.29, 1.82) is 0 Å². The summed E-state index contributed by atoms with van der Waals surface area (Å²) in [6, 6.07) is 0. The molecule has 0 aromatic carbocycles. The van der Waals surface area contributed by atoms with Crippen LogP contribution in [-0.4, -0.2) is 29.5 Å². The van der Waals surface area contributed by atoms with Crippen LogP contribution < -0.4 is 16.4 Å². The summed E-state index contributed by atoms with van der Waals surface area (Å²) in [5, 5.41) is 5.90. The third kappa shape index (κ3) is 4.06. The minimum atomic E-state index is -0.539. The van der Waals surface area contributed by atoms with Crippen molar-refractivity contribution in [1.82, 2.24) is 15.3 Å². The smallest absolute Gasteiger partial charge is 0.227 e. The maximum Gasteiger partial charge on any atom is 0.227 e. The van der Waals surface area contributed by atoms with Gasteiger partial charge in [-0.05, 0) is 20.8 Å².